The number of rotatable bonds is 23. The zero-order valence-electron chi connectivity index (χ0n) is 34.9. The molecule has 0 aromatic heterocycles. The summed E-state index contributed by atoms with van der Waals surface area (Å²) in [5.74, 6) is -2.09. The maximum Gasteiger partial charge on any atom is 0.246 e. The van der Waals surface area contributed by atoms with E-state index < -0.39 is 84.3 Å². The Morgan fingerprint density at radius 1 is 0.794 bits per heavy atom. The van der Waals surface area contributed by atoms with Gasteiger partial charge >= 0.3 is 0 Å². The first-order chi connectivity index (χ1) is 30.2. The van der Waals surface area contributed by atoms with E-state index in [0.717, 1.165) is 0 Å². The Kier molecular flexibility index (Phi) is 18.1. The van der Waals surface area contributed by atoms with Crippen LogP contribution in [-0.2, 0) is 62.0 Å². The number of carbonyl (C=O) groups is 7. The third kappa shape index (κ3) is 13.4. The summed E-state index contributed by atoms with van der Waals surface area (Å²) in [6.07, 6.45) is -9.02. The van der Waals surface area contributed by atoms with Gasteiger partial charge in [0.25, 0.3) is 0 Å². The van der Waals surface area contributed by atoms with Gasteiger partial charge in [0.15, 0.2) is 18.4 Å². The highest BCUT2D eigenvalue weighted by Gasteiger charge is 2.49. The van der Waals surface area contributed by atoms with Gasteiger partial charge in [-0.15, -0.1) is 11.8 Å². The van der Waals surface area contributed by atoms with Crippen molar-refractivity contribution in [2.45, 2.75) is 105 Å². The van der Waals surface area contributed by atoms with Crippen molar-refractivity contribution < 1.29 is 82.4 Å². The lowest BCUT2D eigenvalue weighted by molar-refractivity contribution is -0.273. The highest BCUT2D eigenvalue weighted by atomic mass is 32.2. The van der Waals surface area contributed by atoms with Crippen molar-refractivity contribution in [1.82, 2.24) is 36.4 Å². The van der Waals surface area contributed by atoms with Crippen LogP contribution in [0.25, 0.3) is 0 Å². The quantitative estimate of drug-likeness (QED) is 0.0340. The first kappa shape index (κ1) is 49.2. The monoisotopic (exact) mass is 917 g/mol. The summed E-state index contributed by atoms with van der Waals surface area (Å²) in [5, 5.41) is 55.8. The molecule has 6 rings (SSSR count). The highest BCUT2D eigenvalue weighted by Crippen LogP contribution is 2.28. The molecule has 25 heteroatoms. The van der Waals surface area contributed by atoms with Crippen molar-refractivity contribution in [3.8, 4) is 0 Å². The summed E-state index contributed by atoms with van der Waals surface area (Å²) < 4.78 is 33.2. The van der Waals surface area contributed by atoms with Gasteiger partial charge in [0.2, 0.25) is 29.5 Å². The van der Waals surface area contributed by atoms with Gasteiger partial charge in [-0.05, 0) is 13.3 Å². The molecular formula is C38H59N7O17S. The third-order valence-electron chi connectivity index (χ3n) is 11.6. The van der Waals surface area contributed by atoms with Crippen LogP contribution in [0.15, 0.2) is 0 Å². The zero-order chi connectivity index (χ0) is 45.2. The molecule has 0 bridgehead atoms. The Labute approximate surface area is 367 Å². The molecule has 5 amide bonds. The number of nitrogens with one attached hydrogen (secondary N) is 5. The summed E-state index contributed by atoms with van der Waals surface area (Å²) in [6.45, 7) is 3.08. The topological polar surface area (TPSA) is 322 Å². The molecule has 63 heavy (non-hydrogen) atoms. The van der Waals surface area contributed by atoms with E-state index in [4.69, 9.17) is 28.4 Å². The van der Waals surface area contributed by atoms with Gasteiger partial charge in [-0.1, -0.05) is 0 Å². The van der Waals surface area contributed by atoms with Crippen LogP contribution >= 0.6 is 11.8 Å². The first-order valence-electron chi connectivity index (χ1n) is 21.1. The largest absolute Gasteiger partial charge is 0.388 e. The van der Waals surface area contributed by atoms with Gasteiger partial charge < -0.3 is 75.4 Å². The summed E-state index contributed by atoms with van der Waals surface area (Å²) >= 11 is 1.18. The zero-order valence-corrected chi connectivity index (χ0v) is 35.7. The lowest BCUT2D eigenvalue weighted by Crippen LogP contribution is -2.68. The number of hydrogen-bond acceptors (Lipinski definition) is 21. The lowest BCUT2D eigenvalue weighted by atomic mass is 9.93. The van der Waals surface area contributed by atoms with Crippen molar-refractivity contribution in [2.75, 3.05) is 91.2 Å². The molecule has 0 aliphatic carbocycles. The van der Waals surface area contributed by atoms with E-state index in [-0.39, 0.29) is 113 Å². The van der Waals surface area contributed by atoms with Gasteiger partial charge in [-0.2, -0.15) is 0 Å². The van der Waals surface area contributed by atoms with Gasteiger partial charge in [0.05, 0.1) is 30.3 Å². The molecule has 0 radical (unpaired) electrons. The normalized spacial score (nSPS) is 34.6. The second-order valence-electron chi connectivity index (χ2n) is 16.3. The molecule has 0 aromatic rings. The summed E-state index contributed by atoms with van der Waals surface area (Å²) in [7, 11) is 0. The van der Waals surface area contributed by atoms with Crippen LogP contribution in [0.3, 0.4) is 0 Å². The average molecular weight is 918 g/mol. The maximum atomic E-state index is 12.9. The molecule has 24 nitrogen and oxygen atoms in total. The number of ketones is 2. The molecule has 13 atom stereocenters. The number of thioether (sulfide) groups is 1. The number of aliphatic hydroxyl groups excluding tert-OH is 4. The van der Waals surface area contributed by atoms with E-state index in [1.165, 1.54) is 23.6 Å². The molecule has 354 valence electrons. The molecule has 0 spiro atoms. The van der Waals surface area contributed by atoms with Gasteiger partial charge in [-0.3, -0.25) is 43.4 Å². The van der Waals surface area contributed by atoms with E-state index >= 15 is 0 Å². The Hall–Kier alpha value is -3.28. The number of Topliss-reactive ketones (excluding diaryl/α,β-unsaturated/α-hetero) is 2. The highest BCUT2D eigenvalue weighted by molar-refractivity contribution is 8.01. The van der Waals surface area contributed by atoms with E-state index in [1.54, 1.807) is 0 Å². The van der Waals surface area contributed by atoms with Crippen molar-refractivity contribution in [2.24, 2.45) is 0 Å². The molecule has 0 saturated carbocycles. The summed E-state index contributed by atoms with van der Waals surface area (Å²) in [4.78, 5) is 88.8. The molecular weight excluding hydrogens is 859 g/mol. The molecule has 9 N–H and O–H groups in total. The number of hydrogen-bond donors (Lipinski definition) is 9. The lowest BCUT2D eigenvalue weighted by Gasteiger charge is -2.44. The molecule has 7 unspecified atom stereocenters. The van der Waals surface area contributed by atoms with Crippen molar-refractivity contribution in [3.05, 3.63) is 0 Å². The van der Waals surface area contributed by atoms with Gasteiger partial charge in [0, 0.05) is 70.7 Å². The van der Waals surface area contributed by atoms with Crippen molar-refractivity contribution >= 4 is 52.9 Å². The van der Waals surface area contributed by atoms with E-state index in [9.17, 15) is 54.0 Å². The predicted octanol–water partition coefficient (Wildman–Crippen LogP) is -6.91. The number of carbonyl (C=O) groups excluding carboxylic acids is 7. The minimum Gasteiger partial charge on any atom is -0.388 e. The van der Waals surface area contributed by atoms with Crippen LogP contribution in [-0.4, -0.2) is 241 Å². The molecule has 6 aliphatic heterocycles. The fourth-order valence-electron chi connectivity index (χ4n) is 8.22. The smallest absolute Gasteiger partial charge is 0.246 e. The van der Waals surface area contributed by atoms with Crippen LogP contribution in [0.1, 0.15) is 26.2 Å². The summed E-state index contributed by atoms with van der Waals surface area (Å²) in [5.41, 5.74) is 0. The Balaban J connectivity index is 0.905. The third-order valence-corrected chi connectivity index (χ3v) is 12.9. The van der Waals surface area contributed by atoms with Crippen molar-refractivity contribution in [3.63, 3.8) is 0 Å². The van der Waals surface area contributed by atoms with E-state index in [1.807, 2.05) is 0 Å². The molecule has 6 heterocycles. The van der Waals surface area contributed by atoms with Crippen LogP contribution in [0.5, 0.6) is 0 Å². The van der Waals surface area contributed by atoms with Crippen molar-refractivity contribution in [1.29, 1.82) is 0 Å². The van der Waals surface area contributed by atoms with E-state index in [0.29, 0.717) is 32.7 Å². The van der Waals surface area contributed by atoms with Crippen LogP contribution in [0, 0.1) is 0 Å². The minimum absolute atomic E-state index is 0.0114. The number of likely N-dealkylation sites (tertiary alicyclic amines) is 2. The number of aliphatic hydroxyl groups is 4. The number of nitrogens with zero attached hydrogens (tertiary/aromatic N) is 2. The van der Waals surface area contributed by atoms with Gasteiger partial charge in [0.1, 0.15) is 74.8 Å². The molecule has 6 saturated heterocycles. The molecule has 6 fully saturated rings. The van der Waals surface area contributed by atoms with E-state index in [2.05, 4.69) is 31.5 Å². The number of imide groups is 1. The maximum absolute atomic E-state index is 12.9. The number of fused-ring (bicyclic) bond motifs is 2. The standard InChI is InChI=1S/C38H59N7O17S/c1-19(46)18-63-25-10-29(51)45(36(25)56)7-6-44-12-21(39-4-8-57-14-20(47)2-3-23-32(52)34(54)30-37(61-23)59-16-27(49)42-30)22(13-44)40-5-9-58-15-26(48)41-11-24-33(53)35(55)31-38(62-24)60-17-28(50)43-31/h21-25,30-35,37-40,52-55H,2-18H2,1H3,(H,41,48)(H,42,49)(H,43,50)/t21?,22?,23?,24?,25?,30-,31-,32+,33+,34-,35-,37?,38?/m1/s1. The fourth-order valence-corrected chi connectivity index (χ4v) is 9.18. The number of amides is 5. The first-order valence-corrected chi connectivity index (χ1v) is 22.2. The number of ether oxygens (including phenoxy) is 6. The molecule has 0 aromatic carbocycles. The minimum atomic E-state index is -1.39. The Morgan fingerprint density at radius 2 is 1.37 bits per heavy atom. The Morgan fingerprint density at radius 3 is 1.97 bits per heavy atom. The fraction of sp³-hybridized carbons (Fsp3) is 0.816. The second-order valence-corrected chi connectivity index (χ2v) is 17.5. The van der Waals surface area contributed by atoms with Crippen LogP contribution < -0.4 is 26.6 Å². The Bertz CT molecular complexity index is 1560. The van der Waals surface area contributed by atoms with Crippen LogP contribution in [0.4, 0.5) is 0 Å². The van der Waals surface area contributed by atoms with Crippen LogP contribution in [0.2, 0.25) is 0 Å². The number of morpholine rings is 2. The molecule has 6 aliphatic rings. The second kappa shape index (κ2) is 23.3. The van der Waals surface area contributed by atoms with Gasteiger partial charge in [-0.25, -0.2) is 0 Å². The predicted molar refractivity (Wildman–Crippen MR) is 214 cm³/mol. The average Bonchev–Trinajstić information content (AvgIpc) is 3.77. The SMILES string of the molecule is CC(=O)CSC1CC(=O)N(CCN2CC(NCCOCC(=O)CCC3OC4OCC(=O)N[C@@H]4[C@@H](O)[C@H]3O)C(NCCOCC(=O)NCC3OC4OCC(=O)N[C@@H]4[C@@H](O)[C@H]3O)C2)C1=O. The summed E-state index contributed by atoms with van der Waals surface area (Å²) in [6, 6.07) is -2.10.